The molecule has 31 heavy (non-hydrogen) atoms. The van der Waals surface area contributed by atoms with E-state index in [2.05, 4.69) is 27.7 Å². The molecule has 8 heteroatoms. The predicted octanol–water partition coefficient (Wildman–Crippen LogP) is 2.78. The lowest BCUT2D eigenvalue weighted by atomic mass is 9.69. The van der Waals surface area contributed by atoms with Gasteiger partial charge in [0.15, 0.2) is 9.76 Å². The maximum Gasteiger partial charge on any atom is 0.268 e. The van der Waals surface area contributed by atoms with E-state index in [9.17, 15) is 13.5 Å². The average Bonchev–Trinajstić information content (AvgIpc) is 3.05. The fourth-order valence-corrected chi connectivity index (χ4v) is 9.05. The van der Waals surface area contributed by atoms with Crippen molar-refractivity contribution in [3.63, 3.8) is 0 Å². The minimum Gasteiger partial charge on any atom is -0.467 e. The molecule has 1 N–H and O–H groups in total. The number of para-hydroxylation sites is 1. The fraction of sp³-hybridized carbons (Fsp3) is 0.391. The van der Waals surface area contributed by atoms with Crippen molar-refractivity contribution in [1.29, 1.82) is 0 Å². The highest BCUT2D eigenvalue weighted by atomic mass is 32.2. The molecule has 2 atom stereocenters. The van der Waals surface area contributed by atoms with Gasteiger partial charge in [0, 0.05) is 22.5 Å². The Labute approximate surface area is 191 Å². The highest BCUT2D eigenvalue weighted by molar-refractivity contribution is 7.90. The van der Waals surface area contributed by atoms with E-state index in [0.717, 1.165) is 5.39 Å². The molecule has 0 aliphatic heterocycles. The van der Waals surface area contributed by atoms with Gasteiger partial charge in [0.2, 0.25) is 0 Å². The van der Waals surface area contributed by atoms with Crippen LogP contribution in [0.25, 0.3) is 10.9 Å². The number of aromatic nitrogens is 1. The SMILES string of the molecule is CC(C)(C)[C@@](C)([SiH2]O[SiH3])C(C)(O)Cc1cc2ccccc2n1S(=O)(=O)c1ccccc1. The third-order valence-electron chi connectivity index (χ3n) is 6.82. The molecule has 0 saturated heterocycles. The van der Waals surface area contributed by atoms with Gasteiger partial charge in [-0.3, -0.25) is 0 Å². The summed E-state index contributed by atoms with van der Waals surface area (Å²) in [6.45, 7) is 10.3. The number of fused-ring (bicyclic) bond motifs is 1. The van der Waals surface area contributed by atoms with E-state index in [4.69, 9.17) is 4.12 Å². The second-order valence-corrected chi connectivity index (χ2v) is 15.5. The first-order chi connectivity index (χ1) is 14.3. The van der Waals surface area contributed by atoms with Crippen LogP contribution in [0.4, 0.5) is 0 Å². The maximum atomic E-state index is 13.7. The quantitative estimate of drug-likeness (QED) is 0.534. The van der Waals surface area contributed by atoms with Crippen molar-refractivity contribution in [3.05, 3.63) is 66.4 Å². The van der Waals surface area contributed by atoms with E-state index in [1.54, 1.807) is 30.3 Å². The third-order valence-corrected chi connectivity index (χ3v) is 12.2. The van der Waals surface area contributed by atoms with Gasteiger partial charge in [-0.2, -0.15) is 0 Å². The number of aliphatic hydroxyl groups is 1. The third kappa shape index (κ3) is 4.19. The Bertz CT molecular complexity index is 1170. The number of hydrogen-bond acceptors (Lipinski definition) is 4. The van der Waals surface area contributed by atoms with Gasteiger partial charge in [-0.1, -0.05) is 64.1 Å². The van der Waals surface area contributed by atoms with Crippen molar-refractivity contribution in [2.45, 2.75) is 56.6 Å². The molecule has 0 aliphatic carbocycles. The smallest absolute Gasteiger partial charge is 0.268 e. The van der Waals surface area contributed by atoms with Crippen LogP contribution >= 0.6 is 0 Å². The second-order valence-electron chi connectivity index (χ2n) is 9.74. The predicted molar refractivity (Wildman–Crippen MR) is 133 cm³/mol. The molecule has 0 bridgehead atoms. The van der Waals surface area contributed by atoms with Crippen LogP contribution in [-0.4, -0.2) is 43.3 Å². The van der Waals surface area contributed by atoms with E-state index >= 15 is 0 Å². The lowest BCUT2D eigenvalue weighted by Gasteiger charge is -2.51. The van der Waals surface area contributed by atoms with Crippen molar-refractivity contribution < 1.29 is 17.6 Å². The standard InChI is InChI=1S/C23H33NO4SSi2/c1-21(2,3)23(5,31-28-30)22(4,25)16-18-15-17-11-9-10-14-20(17)24(18)29(26,27)19-12-7-6-8-13-19/h6-15,25H,16,31H2,1-5,30H3/t22?,23-/m1/s1. The van der Waals surface area contributed by atoms with Crippen LogP contribution in [0.3, 0.4) is 0 Å². The van der Waals surface area contributed by atoms with Crippen LogP contribution in [0.2, 0.25) is 5.04 Å². The van der Waals surface area contributed by atoms with E-state index in [1.165, 1.54) is 3.97 Å². The zero-order valence-corrected chi connectivity index (χ0v) is 23.4. The molecule has 0 fully saturated rings. The number of rotatable bonds is 7. The monoisotopic (exact) mass is 475 g/mol. The Morgan fingerprint density at radius 2 is 1.58 bits per heavy atom. The Morgan fingerprint density at radius 3 is 2.16 bits per heavy atom. The van der Waals surface area contributed by atoms with Gasteiger partial charge in [-0.25, -0.2) is 12.4 Å². The first-order valence-electron chi connectivity index (χ1n) is 10.5. The number of benzene rings is 2. The molecule has 3 rings (SSSR count). The largest absolute Gasteiger partial charge is 0.467 e. The minimum absolute atomic E-state index is 0.206. The summed E-state index contributed by atoms with van der Waals surface area (Å²) in [6.07, 6.45) is 0.208. The van der Waals surface area contributed by atoms with Gasteiger partial charge >= 0.3 is 0 Å². The molecule has 1 heterocycles. The van der Waals surface area contributed by atoms with E-state index in [0.29, 0.717) is 21.7 Å². The molecule has 168 valence electrons. The van der Waals surface area contributed by atoms with Crippen molar-refractivity contribution in [3.8, 4) is 0 Å². The Hall–Kier alpha value is -1.72. The van der Waals surface area contributed by atoms with Crippen LogP contribution in [0.1, 0.15) is 40.3 Å². The molecule has 0 radical (unpaired) electrons. The lowest BCUT2D eigenvalue weighted by Crippen LogP contribution is -2.52. The minimum atomic E-state index is -3.83. The van der Waals surface area contributed by atoms with Crippen LogP contribution in [-0.2, 0) is 20.6 Å². The molecule has 0 aliphatic rings. The summed E-state index contributed by atoms with van der Waals surface area (Å²) in [6, 6.07) is 17.8. The molecular weight excluding hydrogens is 442 g/mol. The summed E-state index contributed by atoms with van der Waals surface area (Å²) in [4.78, 5) is 0.230. The van der Waals surface area contributed by atoms with E-state index in [-0.39, 0.29) is 16.7 Å². The van der Waals surface area contributed by atoms with Gasteiger partial charge in [0.05, 0.1) is 16.0 Å². The summed E-state index contributed by atoms with van der Waals surface area (Å²) < 4.78 is 34.5. The zero-order valence-electron chi connectivity index (χ0n) is 19.2. The van der Waals surface area contributed by atoms with Gasteiger partial charge < -0.3 is 9.22 Å². The molecule has 1 unspecified atom stereocenters. The Balaban J connectivity index is 2.21. The Kier molecular flexibility index (Phi) is 6.43. The maximum absolute atomic E-state index is 13.7. The summed E-state index contributed by atoms with van der Waals surface area (Å²) in [5, 5.41) is 12.2. The molecular formula is C23H33NO4SSi2. The lowest BCUT2D eigenvalue weighted by molar-refractivity contribution is -0.0315. The highest BCUT2D eigenvalue weighted by Crippen LogP contribution is 2.53. The van der Waals surface area contributed by atoms with Gasteiger partial charge in [0.25, 0.3) is 10.0 Å². The van der Waals surface area contributed by atoms with Gasteiger partial charge in [-0.05, 0) is 36.6 Å². The molecule has 0 spiro atoms. The second kappa shape index (κ2) is 8.33. The van der Waals surface area contributed by atoms with Crippen LogP contribution in [0.15, 0.2) is 65.6 Å². The first-order valence-corrected chi connectivity index (χ1v) is 14.0. The van der Waals surface area contributed by atoms with Crippen LogP contribution < -0.4 is 0 Å². The zero-order chi connectivity index (χ0) is 23.1. The molecule has 2 aromatic carbocycles. The van der Waals surface area contributed by atoms with Crippen LogP contribution in [0, 0.1) is 5.41 Å². The number of hydrogen-bond donors (Lipinski definition) is 1. The van der Waals surface area contributed by atoms with Crippen molar-refractivity contribution >= 4 is 41.2 Å². The summed E-state index contributed by atoms with van der Waals surface area (Å²) in [5.41, 5.74) is -0.165. The van der Waals surface area contributed by atoms with Crippen molar-refractivity contribution in [1.82, 2.24) is 3.97 Å². The van der Waals surface area contributed by atoms with Crippen molar-refractivity contribution in [2.24, 2.45) is 5.41 Å². The number of nitrogens with zero attached hydrogens (tertiary/aromatic N) is 1. The molecule has 0 saturated carbocycles. The van der Waals surface area contributed by atoms with Gasteiger partial charge in [0.1, 0.15) is 10.5 Å². The fourth-order valence-electron chi connectivity index (χ4n) is 4.31. The molecule has 1 aromatic heterocycles. The summed E-state index contributed by atoms with van der Waals surface area (Å²) in [5.74, 6) is 0. The van der Waals surface area contributed by atoms with Gasteiger partial charge in [-0.15, -0.1) is 0 Å². The molecule has 0 amide bonds. The first kappa shape index (κ1) is 23.9. The van der Waals surface area contributed by atoms with E-state index < -0.39 is 30.4 Å². The van der Waals surface area contributed by atoms with E-state index in [1.807, 2.05) is 37.3 Å². The summed E-state index contributed by atoms with van der Waals surface area (Å²) >= 11 is 0. The molecule has 3 aromatic rings. The summed E-state index contributed by atoms with van der Waals surface area (Å²) in [7, 11) is -4.26. The normalized spacial score (nSPS) is 17.2. The highest BCUT2D eigenvalue weighted by Gasteiger charge is 2.51. The van der Waals surface area contributed by atoms with Crippen LogP contribution in [0.5, 0.6) is 0 Å². The average molecular weight is 476 g/mol. The Morgan fingerprint density at radius 1 is 1.00 bits per heavy atom. The topological polar surface area (TPSA) is 68.5 Å². The molecule has 5 nitrogen and oxygen atoms in total. The van der Waals surface area contributed by atoms with Crippen molar-refractivity contribution in [2.75, 3.05) is 0 Å².